The van der Waals surface area contributed by atoms with E-state index >= 15 is 0 Å². The number of carbonyl (C=O) groups is 1. The highest BCUT2D eigenvalue weighted by molar-refractivity contribution is 6.33. The van der Waals surface area contributed by atoms with E-state index in [4.69, 9.17) is 17.0 Å². The summed E-state index contributed by atoms with van der Waals surface area (Å²) in [5, 5.41) is 11.8. The molecule has 19 heavy (non-hydrogen) atoms. The Morgan fingerprint density at radius 1 is 1.26 bits per heavy atom. The molecule has 0 atom stereocenters. The summed E-state index contributed by atoms with van der Waals surface area (Å²) >= 11 is 5.93. The smallest absolute Gasteiger partial charge is 0.322 e. The topological polar surface area (TPSA) is 57.2 Å². The highest BCUT2D eigenvalue weighted by Gasteiger charge is 2.16. The standard InChI is InChI=1S/C14H10ClN3O/c1-9-7-13(18-16)11(15)8-12(9)17-14(19)10-5-3-2-4-6-10/h2-8H,1H3/p+1. The van der Waals surface area contributed by atoms with Crippen molar-refractivity contribution in [2.75, 3.05) is 5.32 Å². The molecule has 0 heterocycles. The van der Waals surface area contributed by atoms with Gasteiger partial charge in [-0.15, -0.1) is 0 Å². The Morgan fingerprint density at radius 2 is 1.95 bits per heavy atom. The molecule has 0 saturated heterocycles. The van der Waals surface area contributed by atoms with Gasteiger partial charge in [0.15, 0.2) is 4.98 Å². The van der Waals surface area contributed by atoms with E-state index in [-0.39, 0.29) is 16.6 Å². The van der Waals surface area contributed by atoms with Crippen LogP contribution >= 0.6 is 11.6 Å². The van der Waals surface area contributed by atoms with Gasteiger partial charge in [-0.2, -0.15) is 0 Å². The second-order valence-corrected chi connectivity index (χ2v) is 4.45. The van der Waals surface area contributed by atoms with Crippen LogP contribution in [0.5, 0.6) is 0 Å². The van der Waals surface area contributed by atoms with Crippen LogP contribution in [0.25, 0.3) is 4.98 Å². The molecule has 2 aromatic rings. The lowest BCUT2D eigenvalue weighted by Crippen LogP contribution is -2.12. The van der Waals surface area contributed by atoms with Gasteiger partial charge in [0, 0.05) is 17.3 Å². The van der Waals surface area contributed by atoms with Gasteiger partial charge in [-0.05, 0) is 30.7 Å². The fourth-order valence-corrected chi connectivity index (χ4v) is 1.86. The largest absolute Gasteiger partial charge is 0.403 e. The second-order valence-electron chi connectivity index (χ2n) is 4.04. The number of hydrogen-bond acceptors (Lipinski definition) is 2. The van der Waals surface area contributed by atoms with Crippen LogP contribution in [0.2, 0.25) is 5.02 Å². The molecule has 0 bridgehead atoms. The third-order valence-electron chi connectivity index (χ3n) is 2.69. The van der Waals surface area contributed by atoms with E-state index in [1.807, 2.05) is 6.07 Å². The second kappa shape index (κ2) is 5.51. The highest BCUT2D eigenvalue weighted by Crippen LogP contribution is 2.31. The van der Waals surface area contributed by atoms with Crippen molar-refractivity contribution in [3.8, 4) is 0 Å². The number of diazo groups is 1. The first-order valence-electron chi connectivity index (χ1n) is 5.63. The fraction of sp³-hybridized carbons (Fsp3) is 0.0714. The SMILES string of the molecule is Cc1cc([N+]#N)c(Cl)cc1NC(=O)c1ccccc1. The van der Waals surface area contributed by atoms with E-state index in [0.717, 1.165) is 5.56 Å². The number of amides is 1. The van der Waals surface area contributed by atoms with Crippen LogP contribution in [0.15, 0.2) is 42.5 Å². The molecule has 0 saturated carbocycles. The number of nitrogens with zero attached hydrogens (tertiary/aromatic N) is 2. The zero-order chi connectivity index (χ0) is 13.8. The van der Waals surface area contributed by atoms with Crippen LogP contribution in [0.4, 0.5) is 11.4 Å². The zero-order valence-electron chi connectivity index (χ0n) is 10.2. The maximum Gasteiger partial charge on any atom is 0.403 e. The summed E-state index contributed by atoms with van der Waals surface area (Å²) in [4.78, 5) is 15.1. The van der Waals surface area contributed by atoms with Gasteiger partial charge in [-0.25, -0.2) is 0 Å². The minimum absolute atomic E-state index is 0.214. The average molecular weight is 273 g/mol. The molecule has 2 aromatic carbocycles. The van der Waals surface area contributed by atoms with Crippen LogP contribution in [-0.4, -0.2) is 5.91 Å². The van der Waals surface area contributed by atoms with Crippen LogP contribution in [0, 0.1) is 12.3 Å². The molecule has 0 fully saturated rings. The molecule has 0 spiro atoms. The van der Waals surface area contributed by atoms with Crippen molar-refractivity contribution in [1.82, 2.24) is 0 Å². The van der Waals surface area contributed by atoms with Crippen LogP contribution < -0.4 is 5.32 Å². The van der Waals surface area contributed by atoms with Crippen molar-refractivity contribution in [2.24, 2.45) is 0 Å². The Hall–Kier alpha value is -2.38. The molecule has 0 aromatic heterocycles. The molecular weight excluding hydrogens is 262 g/mol. The first-order valence-corrected chi connectivity index (χ1v) is 6.01. The summed E-state index contributed by atoms with van der Waals surface area (Å²) in [7, 11) is 0. The van der Waals surface area contributed by atoms with E-state index in [1.54, 1.807) is 43.3 Å². The van der Waals surface area contributed by atoms with Crippen molar-refractivity contribution in [3.63, 3.8) is 0 Å². The maximum absolute atomic E-state index is 12.0. The van der Waals surface area contributed by atoms with E-state index in [0.29, 0.717) is 11.3 Å². The zero-order valence-corrected chi connectivity index (χ0v) is 11.0. The quantitative estimate of drug-likeness (QED) is 0.825. The monoisotopic (exact) mass is 272 g/mol. The van der Waals surface area contributed by atoms with Gasteiger partial charge in [0.05, 0.1) is 0 Å². The lowest BCUT2D eigenvalue weighted by molar-refractivity contribution is 0.102. The Morgan fingerprint density at radius 3 is 2.58 bits per heavy atom. The molecule has 5 heteroatoms. The van der Waals surface area contributed by atoms with Gasteiger partial charge >= 0.3 is 5.69 Å². The molecule has 2 rings (SSSR count). The molecular formula is C14H11ClN3O+. The summed E-state index contributed by atoms with van der Waals surface area (Å²) in [6, 6.07) is 12.0. The predicted octanol–water partition coefficient (Wildman–Crippen LogP) is 4.39. The van der Waals surface area contributed by atoms with E-state index in [1.165, 1.54) is 0 Å². The lowest BCUT2D eigenvalue weighted by atomic mass is 10.1. The van der Waals surface area contributed by atoms with Crippen molar-refractivity contribution < 1.29 is 4.79 Å². The molecule has 0 unspecified atom stereocenters. The van der Waals surface area contributed by atoms with Gasteiger partial charge in [0.25, 0.3) is 5.91 Å². The predicted molar refractivity (Wildman–Crippen MR) is 75.3 cm³/mol. The molecule has 0 aliphatic heterocycles. The number of carbonyl (C=O) groups excluding carboxylic acids is 1. The molecule has 1 amide bonds. The van der Waals surface area contributed by atoms with Crippen molar-refractivity contribution >= 4 is 28.9 Å². The van der Waals surface area contributed by atoms with Gasteiger partial charge in [0.2, 0.25) is 5.39 Å². The Bertz CT molecular complexity index is 662. The van der Waals surface area contributed by atoms with Crippen molar-refractivity contribution in [1.29, 1.82) is 5.39 Å². The lowest BCUT2D eigenvalue weighted by Gasteiger charge is -2.07. The third kappa shape index (κ3) is 2.90. The number of aryl methyl sites for hydroxylation is 1. The van der Waals surface area contributed by atoms with Gasteiger partial charge in [0.1, 0.15) is 5.02 Å². The molecule has 94 valence electrons. The summed E-state index contributed by atoms with van der Waals surface area (Å²) in [6.07, 6.45) is 0. The fourth-order valence-electron chi connectivity index (χ4n) is 1.66. The molecule has 0 radical (unpaired) electrons. The number of benzene rings is 2. The Labute approximate surface area is 115 Å². The Balaban J connectivity index is 2.28. The summed E-state index contributed by atoms with van der Waals surface area (Å²) in [5.74, 6) is -0.214. The molecule has 1 N–H and O–H groups in total. The third-order valence-corrected chi connectivity index (χ3v) is 2.99. The van der Waals surface area contributed by atoms with E-state index in [2.05, 4.69) is 10.3 Å². The summed E-state index contributed by atoms with van der Waals surface area (Å²) in [5.41, 5.74) is 2.19. The number of rotatable bonds is 2. The molecule has 0 aliphatic rings. The first kappa shape index (κ1) is 13.1. The molecule has 4 nitrogen and oxygen atoms in total. The maximum atomic E-state index is 12.0. The Kier molecular flexibility index (Phi) is 3.79. The number of anilines is 1. The number of halogens is 1. The highest BCUT2D eigenvalue weighted by atomic mass is 35.5. The average Bonchev–Trinajstić information content (AvgIpc) is 2.43. The molecule has 0 aliphatic carbocycles. The number of hydrogen-bond donors (Lipinski definition) is 1. The van der Waals surface area contributed by atoms with Crippen LogP contribution in [0.1, 0.15) is 15.9 Å². The normalized spacial score (nSPS) is 9.74. The van der Waals surface area contributed by atoms with Crippen molar-refractivity contribution in [3.05, 3.63) is 63.6 Å². The van der Waals surface area contributed by atoms with Gasteiger partial charge < -0.3 is 5.32 Å². The summed E-state index contributed by atoms with van der Waals surface area (Å²) < 4.78 is 0. The first-order chi connectivity index (χ1) is 9.11. The minimum Gasteiger partial charge on any atom is -0.322 e. The number of nitrogens with one attached hydrogen (secondary N) is 1. The van der Waals surface area contributed by atoms with Gasteiger partial charge in [-0.3, -0.25) is 4.79 Å². The van der Waals surface area contributed by atoms with E-state index < -0.39 is 0 Å². The van der Waals surface area contributed by atoms with Crippen molar-refractivity contribution in [2.45, 2.75) is 6.92 Å². The van der Waals surface area contributed by atoms with E-state index in [9.17, 15) is 4.79 Å². The summed E-state index contributed by atoms with van der Waals surface area (Å²) in [6.45, 7) is 1.80. The van der Waals surface area contributed by atoms with Crippen LogP contribution in [-0.2, 0) is 0 Å². The van der Waals surface area contributed by atoms with Gasteiger partial charge in [-0.1, -0.05) is 29.8 Å². The minimum atomic E-state index is -0.214. The van der Waals surface area contributed by atoms with Crippen LogP contribution in [0.3, 0.4) is 0 Å².